The summed E-state index contributed by atoms with van der Waals surface area (Å²) in [5.41, 5.74) is 0.632. The average molecular weight is 938 g/mol. The van der Waals surface area contributed by atoms with Crippen molar-refractivity contribution in [3.63, 3.8) is 0 Å². The van der Waals surface area contributed by atoms with Crippen LogP contribution in [0.15, 0.2) is 102 Å². The van der Waals surface area contributed by atoms with Crippen molar-refractivity contribution in [1.82, 2.24) is 24.9 Å². The van der Waals surface area contributed by atoms with Crippen LogP contribution in [0, 0.1) is 13.8 Å². The van der Waals surface area contributed by atoms with Gasteiger partial charge >= 0.3 is 18.2 Å². The number of amides is 2. The molecule has 20 heteroatoms. The molecule has 2 heterocycles. The van der Waals surface area contributed by atoms with Gasteiger partial charge in [-0.05, 0) is 100 Å². The third-order valence-electron chi connectivity index (χ3n) is 9.59. The van der Waals surface area contributed by atoms with Gasteiger partial charge < -0.3 is 18.9 Å². The number of aromatic nitrogens is 4. The van der Waals surface area contributed by atoms with Crippen molar-refractivity contribution in [2.24, 2.45) is 0 Å². The summed E-state index contributed by atoms with van der Waals surface area (Å²) in [4.78, 5) is 47.8. The molecule has 0 aliphatic carbocycles. The highest BCUT2D eigenvalue weighted by atomic mass is 32.2. The van der Waals surface area contributed by atoms with Gasteiger partial charge in [-0.3, -0.25) is 8.98 Å². The first kappa shape index (κ1) is 48.1. The molecule has 2 atom stereocenters. The van der Waals surface area contributed by atoms with Crippen molar-refractivity contribution in [3.05, 3.63) is 130 Å². The lowest BCUT2D eigenvalue weighted by atomic mass is 10.0. The molecule has 0 saturated carbocycles. The molecule has 0 radical (unpaired) electrons. The lowest BCUT2D eigenvalue weighted by Gasteiger charge is -2.33. The zero-order valence-corrected chi connectivity index (χ0v) is 37.8. The van der Waals surface area contributed by atoms with Gasteiger partial charge in [0.2, 0.25) is 0 Å². The molecule has 0 bridgehead atoms. The number of fused-ring (bicyclic) bond motifs is 1. The molecule has 0 N–H and O–H groups in total. The van der Waals surface area contributed by atoms with Crippen molar-refractivity contribution in [2.75, 3.05) is 20.3 Å². The van der Waals surface area contributed by atoms with Crippen molar-refractivity contribution in [1.29, 1.82) is 0 Å². The number of ether oxygens (including phenoxy) is 4. The van der Waals surface area contributed by atoms with Crippen LogP contribution in [0.3, 0.4) is 0 Å². The first-order chi connectivity index (χ1) is 30.7. The van der Waals surface area contributed by atoms with Crippen molar-refractivity contribution < 1.29 is 59.1 Å². The number of alkyl halides is 3. The van der Waals surface area contributed by atoms with E-state index in [1.807, 2.05) is 26.0 Å². The number of methoxy groups -OCH3 is 1. The SMILES string of the molecule is COC(=O)[C@@H](Cc1ccc(C(F)(F)F)cc1)N(C(=O)OC(C)(C)C)C(=O)[C@H](Cc1ccc(OCCOS(=O)(=O)c2ccc(C)cc2)cc1)n1cc(COc2ccc3nc(C)sc3c2)nn1. The number of imide groups is 1. The first-order valence-corrected chi connectivity index (χ1v) is 22.3. The normalized spacial score (nSPS) is 12.9. The third kappa shape index (κ3) is 12.9. The summed E-state index contributed by atoms with van der Waals surface area (Å²) in [5, 5.41) is 9.36. The summed E-state index contributed by atoms with van der Waals surface area (Å²) in [5.74, 6) is -1.14. The highest BCUT2D eigenvalue weighted by Gasteiger charge is 2.42. The quantitative estimate of drug-likeness (QED) is 0.0486. The van der Waals surface area contributed by atoms with Crippen molar-refractivity contribution >= 4 is 49.6 Å². The van der Waals surface area contributed by atoms with Crippen LogP contribution in [0.1, 0.15) is 59.8 Å². The number of aryl methyl sites for hydroxylation is 2. The van der Waals surface area contributed by atoms with Gasteiger partial charge in [0.1, 0.15) is 54.7 Å². The van der Waals surface area contributed by atoms with Gasteiger partial charge in [-0.15, -0.1) is 16.4 Å². The highest BCUT2D eigenvalue weighted by molar-refractivity contribution is 7.86. The zero-order chi connectivity index (χ0) is 47.1. The Kier molecular flexibility index (Phi) is 14.9. The largest absolute Gasteiger partial charge is 0.491 e. The number of hydrogen-bond donors (Lipinski definition) is 0. The minimum absolute atomic E-state index is 0.00941. The molecule has 0 fully saturated rings. The number of benzene rings is 4. The number of rotatable bonds is 17. The van der Waals surface area contributed by atoms with Crippen LogP contribution in [0.4, 0.5) is 18.0 Å². The molecule has 6 aromatic rings. The maximum Gasteiger partial charge on any atom is 0.417 e. The predicted molar refractivity (Wildman–Crippen MR) is 232 cm³/mol. The number of carbonyl (C=O) groups excluding carboxylic acids is 3. The highest BCUT2D eigenvalue weighted by Crippen LogP contribution is 2.31. The predicted octanol–water partition coefficient (Wildman–Crippen LogP) is 8.22. The van der Waals surface area contributed by atoms with Crippen LogP contribution >= 0.6 is 11.3 Å². The second kappa shape index (κ2) is 20.2. The fraction of sp³-hybridized carbons (Fsp3) is 0.333. The van der Waals surface area contributed by atoms with Gasteiger partial charge in [0.05, 0.1) is 39.0 Å². The molecule has 2 aromatic heterocycles. The summed E-state index contributed by atoms with van der Waals surface area (Å²) in [7, 11) is -2.96. The maximum atomic E-state index is 15.0. The third-order valence-corrected chi connectivity index (χ3v) is 11.9. The number of hydrogen-bond acceptors (Lipinski definition) is 14. The Morgan fingerprint density at radius 3 is 2.12 bits per heavy atom. The van der Waals surface area contributed by atoms with Crippen LogP contribution < -0.4 is 9.47 Å². The molecule has 344 valence electrons. The first-order valence-electron chi connectivity index (χ1n) is 20.1. The Hall–Kier alpha value is -6.38. The van der Waals surface area contributed by atoms with Gasteiger partial charge in [0.15, 0.2) is 0 Å². The molecule has 0 spiro atoms. The van der Waals surface area contributed by atoms with Gasteiger partial charge in [-0.25, -0.2) is 24.2 Å². The topological polar surface area (TPSA) is 178 Å². The van der Waals surface area contributed by atoms with Crippen LogP contribution in [0.5, 0.6) is 11.5 Å². The Morgan fingerprint density at radius 2 is 1.48 bits per heavy atom. The molecule has 0 aliphatic rings. The molecule has 65 heavy (non-hydrogen) atoms. The zero-order valence-electron chi connectivity index (χ0n) is 36.2. The van der Waals surface area contributed by atoms with Crippen LogP contribution in [0.25, 0.3) is 10.2 Å². The van der Waals surface area contributed by atoms with E-state index in [9.17, 15) is 31.2 Å². The summed E-state index contributed by atoms with van der Waals surface area (Å²) in [6, 6.07) is 18.9. The molecule has 0 unspecified atom stereocenters. The monoisotopic (exact) mass is 937 g/mol. The average Bonchev–Trinajstić information content (AvgIpc) is 3.88. The van der Waals surface area contributed by atoms with Crippen molar-refractivity contribution in [2.45, 2.75) is 82.8 Å². The minimum Gasteiger partial charge on any atom is -0.491 e. The molecule has 0 saturated heterocycles. The van der Waals surface area contributed by atoms with E-state index in [4.69, 9.17) is 23.1 Å². The van der Waals surface area contributed by atoms with E-state index in [0.29, 0.717) is 27.7 Å². The Balaban J connectivity index is 1.28. The fourth-order valence-electron chi connectivity index (χ4n) is 6.43. The Bertz CT molecular complexity index is 2720. The van der Waals surface area contributed by atoms with Gasteiger partial charge in [0.25, 0.3) is 16.0 Å². The molecule has 6 rings (SSSR count). The molecule has 0 aliphatic heterocycles. The van der Waals surface area contributed by atoms with Crippen molar-refractivity contribution in [3.8, 4) is 11.5 Å². The second-order valence-electron chi connectivity index (χ2n) is 15.8. The van der Waals surface area contributed by atoms with Crippen LogP contribution in [0.2, 0.25) is 0 Å². The van der Waals surface area contributed by atoms with Gasteiger partial charge in [-0.2, -0.15) is 21.6 Å². The molecule has 4 aromatic carbocycles. The number of esters is 1. The van der Waals surface area contributed by atoms with E-state index in [-0.39, 0.29) is 36.7 Å². The summed E-state index contributed by atoms with van der Waals surface area (Å²) < 4.78 is 95.2. The standard InChI is InChI=1S/C45H46F3N5O10S2/c1-28-7-18-36(19-8-28)65(57,58)62-22-21-60-34-15-11-31(12-16-34)23-38(52-26-33(50-51-52)27-61-35-17-20-37-40(25-35)64-29(2)49-37)41(54)53(43(56)63-44(3,4)5)39(42(55)59-6)24-30-9-13-32(14-10-30)45(46,47)48/h7-20,25-26,38-39H,21-24,27H2,1-6H3/t38-,39+/m0/s1. The molecular formula is C45H46F3N5O10S2. The second-order valence-corrected chi connectivity index (χ2v) is 18.6. The molecule has 15 nitrogen and oxygen atoms in total. The fourth-order valence-corrected chi connectivity index (χ4v) is 8.17. The summed E-state index contributed by atoms with van der Waals surface area (Å²) in [6.07, 6.45) is -4.97. The van der Waals surface area contributed by atoms with E-state index in [1.165, 1.54) is 34.3 Å². The molecule has 2 amide bonds. The molecular weight excluding hydrogens is 892 g/mol. The number of halogens is 3. The van der Waals surface area contributed by atoms with Crippen LogP contribution in [-0.4, -0.2) is 83.2 Å². The maximum absolute atomic E-state index is 15.0. The van der Waals surface area contributed by atoms with E-state index >= 15 is 4.79 Å². The van der Waals surface area contributed by atoms with E-state index in [2.05, 4.69) is 15.3 Å². The lowest BCUT2D eigenvalue weighted by Crippen LogP contribution is -2.54. The summed E-state index contributed by atoms with van der Waals surface area (Å²) >= 11 is 1.51. The summed E-state index contributed by atoms with van der Waals surface area (Å²) in [6.45, 7) is 7.95. The van der Waals surface area contributed by atoms with E-state index in [1.54, 1.807) is 63.2 Å². The number of nitrogens with zero attached hydrogens (tertiary/aromatic N) is 5. The van der Waals surface area contributed by atoms with Gasteiger partial charge in [-0.1, -0.05) is 47.2 Å². The van der Waals surface area contributed by atoms with Gasteiger partial charge in [0, 0.05) is 12.8 Å². The van der Waals surface area contributed by atoms with E-state index < -0.39 is 63.9 Å². The van der Waals surface area contributed by atoms with E-state index in [0.717, 1.165) is 52.2 Å². The smallest absolute Gasteiger partial charge is 0.417 e. The van der Waals surface area contributed by atoms with Crippen LogP contribution in [-0.2, 0) is 59.0 Å². The lowest BCUT2D eigenvalue weighted by molar-refractivity contribution is -0.153. The Labute approximate surface area is 377 Å². The number of carbonyl (C=O) groups is 3. The minimum atomic E-state index is -4.63. The Morgan fingerprint density at radius 1 is 0.831 bits per heavy atom. The number of thiazole rings is 1.